The number of benzene rings is 1. The van der Waals surface area contributed by atoms with Crippen LogP contribution in [0.4, 0.5) is 4.39 Å². The lowest BCUT2D eigenvalue weighted by atomic mass is 10.2. The van der Waals surface area contributed by atoms with Crippen molar-refractivity contribution in [2.24, 2.45) is 0 Å². The van der Waals surface area contributed by atoms with Crippen LogP contribution < -0.4 is 0 Å². The van der Waals surface area contributed by atoms with Crippen LogP contribution in [0.25, 0.3) is 0 Å². The lowest BCUT2D eigenvalue weighted by molar-refractivity contribution is -0.137. The molecule has 21 heavy (non-hydrogen) atoms. The van der Waals surface area contributed by atoms with Crippen LogP contribution in [0.1, 0.15) is 25.8 Å². The fourth-order valence-corrected chi connectivity index (χ4v) is 3.82. The Morgan fingerprint density at radius 2 is 2.14 bits per heavy atom. The van der Waals surface area contributed by atoms with Gasteiger partial charge in [0.05, 0.1) is 6.42 Å². The molecule has 1 rings (SSSR count). The molecule has 0 saturated carbocycles. The first-order valence-electron chi connectivity index (χ1n) is 6.18. The van der Waals surface area contributed by atoms with Crippen molar-refractivity contribution >= 4 is 16.0 Å². The van der Waals surface area contributed by atoms with Crippen LogP contribution in [0, 0.1) is 17.1 Å². The zero-order chi connectivity index (χ0) is 16.2. The van der Waals surface area contributed by atoms with Crippen molar-refractivity contribution in [3.63, 3.8) is 0 Å². The average Bonchev–Trinajstić information content (AvgIpc) is 2.37. The standard InChI is InChI=1S/C13H15FN2O4S/c1-3-16(9(2)7-13(17)18)21(19,20)12-6-4-5-11(14)10(12)8-15/h4-6,9H,3,7H2,1-2H3,(H,17,18). The smallest absolute Gasteiger partial charge is 0.304 e. The van der Waals surface area contributed by atoms with E-state index in [-0.39, 0.29) is 13.0 Å². The Hall–Kier alpha value is -1.98. The molecule has 6 nitrogen and oxygen atoms in total. The van der Waals surface area contributed by atoms with Crippen molar-refractivity contribution in [3.05, 3.63) is 29.6 Å². The van der Waals surface area contributed by atoms with Gasteiger partial charge in [-0.05, 0) is 19.1 Å². The van der Waals surface area contributed by atoms with E-state index in [2.05, 4.69) is 0 Å². The van der Waals surface area contributed by atoms with Crippen LogP contribution in [-0.2, 0) is 14.8 Å². The van der Waals surface area contributed by atoms with Gasteiger partial charge < -0.3 is 5.11 Å². The third-order valence-corrected chi connectivity index (χ3v) is 5.08. The van der Waals surface area contributed by atoms with E-state index in [0.29, 0.717) is 0 Å². The van der Waals surface area contributed by atoms with Gasteiger partial charge in [0, 0.05) is 12.6 Å². The lowest BCUT2D eigenvalue weighted by Crippen LogP contribution is -2.40. The maximum Gasteiger partial charge on any atom is 0.304 e. The highest BCUT2D eigenvalue weighted by Crippen LogP contribution is 2.24. The second kappa shape index (κ2) is 6.65. The van der Waals surface area contributed by atoms with E-state index < -0.39 is 38.3 Å². The molecule has 114 valence electrons. The van der Waals surface area contributed by atoms with Gasteiger partial charge in [0.15, 0.2) is 0 Å². The molecular formula is C13H15FN2O4S. The predicted molar refractivity (Wildman–Crippen MR) is 72.4 cm³/mol. The summed E-state index contributed by atoms with van der Waals surface area (Å²) in [6.07, 6.45) is -0.385. The lowest BCUT2D eigenvalue weighted by Gasteiger charge is -2.26. The Morgan fingerprint density at radius 3 is 2.62 bits per heavy atom. The molecule has 0 amide bonds. The van der Waals surface area contributed by atoms with E-state index in [1.54, 1.807) is 6.92 Å². The van der Waals surface area contributed by atoms with Crippen LogP contribution >= 0.6 is 0 Å². The molecule has 1 aromatic carbocycles. The van der Waals surface area contributed by atoms with Crippen LogP contribution in [0.2, 0.25) is 0 Å². The van der Waals surface area contributed by atoms with E-state index in [1.165, 1.54) is 19.1 Å². The number of carboxylic acids is 1. The van der Waals surface area contributed by atoms with Crippen molar-refractivity contribution in [2.75, 3.05) is 6.54 Å². The minimum absolute atomic E-state index is 0.0121. The van der Waals surface area contributed by atoms with Gasteiger partial charge in [-0.3, -0.25) is 4.79 Å². The third kappa shape index (κ3) is 3.56. The molecular weight excluding hydrogens is 299 g/mol. The highest BCUT2D eigenvalue weighted by molar-refractivity contribution is 7.89. The van der Waals surface area contributed by atoms with Crippen LogP contribution in [-0.4, -0.2) is 36.4 Å². The monoisotopic (exact) mass is 314 g/mol. The summed E-state index contributed by atoms with van der Waals surface area (Å²) in [4.78, 5) is 10.3. The Balaban J connectivity index is 3.36. The fourth-order valence-electron chi connectivity index (χ4n) is 2.03. The number of carbonyl (C=O) groups is 1. The van der Waals surface area contributed by atoms with Gasteiger partial charge in [-0.15, -0.1) is 0 Å². The van der Waals surface area contributed by atoms with Crippen molar-refractivity contribution in [2.45, 2.75) is 31.2 Å². The molecule has 0 spiro atoms. The van der Waals surface area contributed by atoms with E-state index in [0.717, 1.165) is 16.4 Å². The molecule has 1 atom stereocenters. The summed E-state index contributed by atoms with van der Waals surface area (Å²) in [5.41, 5.74) is -0.571. The van der Waals surface area contributed by atoms with Gasteiger partial charge in [0.25, 0.3) is 0 Å². The quantitative estimate of drug-likeness (QED) is 0.859. The Kier molecular flexibility index (Phi) is 5.41. The molecule has 0 saturated heterocycles. The Morgan fingerprint density at radius 1 is 1.52 bits per heavy atom. The number of carboxylic acid groups (broad SMARTS) is 1. The summed E-state index contributed by atoms with van der Waals surface area (Å²) in [5, 5.41) is 17.7. The Bertz CT molecular complexity index is 682. The van der Waals surface area contributed by atoms with Crippen LogP contribution in [0.5, 0.6) is 0 Å². The molecule has 0 fully saturated rings. The van der Waals surface area contributed by atoms with E-state index >= 15 is 0 Å². The van der Waals surface area contributed by atoms with E-state index in [1.807, 2.05) is 0 Å². The SMILES string of the molecule is CCN(C(C)CC(=O)O)S(=O)(=O)c1cccc(F)c1C#N. The molecule has 0 aliphatic heterocycles. The summed E-state index contributed by atoms with van der Waals surface area (Å²) in [7, 11) is -4.15. The second-order valence-corrected chi connectivity index (χ2v) is 6.24. The highest BCUT2D eigenvalue weighted by atomic mass is 32.2. The van der Waals surface area contributed by atoms with Gasteiger partial charge in [0.2, 0.25) is 10.0 Å². The topological polar surface area (TPSA) is 98.5 Å². The van der Waals surface area contributed by atoms with Gasteiger partial charge in [0.1, 0.15) is 22.3 Å². The predicted octanol–water partition coefficient (Wildman–Crippen LogP) is 1.57. The van der Waals surface area contributed by atoms with Gasteiger partial charge in [-0.1, -0.05) is 13.0 Å². The summed E-state index contributed by atoms with van der Waals surface area (Å²) >= 11 is 0. The van der Waals surface area contributed by atoms with Crippen LogP contribution in [0.15, 0.2) is 23.1 Å². The minimum atomic E-state index is -4.15. The normalized spacial score (nSPS) is 12.9. The molecule has 0 heterocycles. The average molecular weight is 314 g/mol. The van der Waals surface area contributed by atoms with Crippen molar-refractivity contribution in [3.8, 4) is 6.07 Å². The molecule has 0 bridgehead atoms. The molecule has 8 heteroatoms. The first kappa shape index (κ1) is 17.1. The largest absolute Gasteiger partial charge is 0.481 e. The third-order valence-electron chi connectivity index (χ3n) is 2.95. The van der Waals surface area contributed by atoms with Crippen molar-refractivity contribution < 1.29 is 22.7 Å². The maximum atomic E-state index is 13.6. The van der Waals surface area contributed by atoms with Crippen molar-refractivity contribution in [1.82, 2.24) is 4.31 Å². The number of sulfonamides is 1. The summed E-state index contributed by atoms with van der Waals surface area (Å²) in [5.74, 6) is -2.07. The molecule has 1 aromatic rings. The molecule has 0 radical (unpaired) electrons. The summed E-state index contributed by atoms with van der Waals surface area (Å²) in [6.45, 7) is 3.00. The Labute approximate surface area is 122 Å². The number of hydrogen-bond acceptors (Lipinski definition) is 4. The van der Waals surface area contributed by atoms with E-state index in [9.17, 15) is 17.6 Å². The van der Waals surface area contributed by atoms with E-state index in [4.69, 9.17) is 10.4 Å². The molecule has 1 N–H and O–H groups in total. The molecule has 1 unspecified atom stereocenters. The number of halogens is 1. The summed E-state index contributed by atoms with van der Waals surface area (Å²) < 4.78 is 39.6. The molecule has 0 aliphatic carbocycles. The second-order valence-electron chi connectivity index (χ2n) is 4.38. The summed E-state index contributed by atoms with van der Waals surface area (Å²) in [6, 6.07) is 4.04. The molecule has 0 aliphatic rings. The molecule has 0 aromatic heterocycles. The number of aliphatic carboxylic acids is 1. The van der Waals surface area contributed by atoms with Gasteiger partial charge >= 0.3 is 5.97 Å². The zero-order valence-corrected chi connectivity index (χ0v) is 12.4. The minimum Gasteiger partial charge on any atom is -0.481 e. The maximum absolute atomic E-state index is 13.6. The van der Waals surface area contributed by atoms with Crippen LogP contribution in [0.3, 0.4) is 0 Å². The first-order chi connectivity index (χ1) is 9.75. The highest BCUT2D eigenvalue weighted by Gasteiger charge is 2.31. The number of hydrogen-bond donors (Lipinski definition) is 1. The fraction of sp³-hybridized carbons (Fsp3) is 0.385. The number of rotatable bonds is 6. The first-order valence-corrected chi connectivity index (χ1v) is 7.62. The zero-order valence-electron chi connectivity index (χ0n) is 11.6. The number of nitriles is 1. The van der Waals surface area contributed by atoms with Crippen molar-refractivity contribution in [1.29, 1.82) is 5.26 Å². The number of nitrogens with zero attached hydrogens (tertiary/aromatic N) is 2. The van der Waals surface area contributed by atoms with Gasteiger partial charge in [-0.2, -0.15) is 9.57 Å². The van der Waals surface area contributed by atoms with Gasteiger partial charge in [-0.25, -0.2) is 12.8 Å².